The van der Waals surface area contributed by atoms with E-state index in [4.69, 9.17) is 18.5 Å². The zero-order valence-electron chi connectivity index (χ0n) is 33.0. The summed E-state index contributed by atoms with van der Waals surface area (Å²) in [5, 5.41) is 0. The monoisotopic (exact) mass is 741 g/mol. The molecule has 0 aromatic carbocycles. The fourth-order valence-corrected chi connectivity index (χ4v) is 6.34. The molecule has 0 aliphatic rings. The van der Waals surface area contributed by atoms with Crippen molar-refractivity contribution in [2.75, 3.05) is 19.8 Å². The number of rotatable bonds is 38. The van der Waals surface area contributed by atoms with Gasteiger partial charge < -0.3 is 14.4 Å². The summed E-state index contributed by atoms with van der Waals surface area (Å²) in [5.74, 6) is -0.818. The lowest BCUT2D eigenvalue weighted by atomic mass is 10.1. The molecule has 2 atom stereocenters. The predicted octanol–water partition coefficient (Wildman–Crippen LogP) is 12.8. The Morgan fingerprint density at radius 2 is 0.961 bits per heavy atom. The number of esters is 2. The minimum atomic E-state index is -4.28. The summed E-state index contributed by atoms with van der Waals surface area (Å²) in [4.78, 5) is 34.7. The van der Waals surface area contributed by atoms with Crippen LogP contribution < -0.4 is 0 Å². The summed E-state index contributed by atoms with van der Waals surface area (Å²) in [6.45, 7) is 5.41. The first-order chi connectivity index (χ1) is 24.8. The van der Waals surface area contributed by atoms with E-state index >= 15 is 0 Å². The molecule has 0 bridgehead atoms. The van der Waals surface area contributed by atoms with Crippen LogP contribution in [-0.4, -0.2) is 42.8 Å². The second kappa shape index (κ2) is 38.0. The number of phosphoric acid groups is 1. The standard InChI is InChI=1S/C42H77O8P/c1-4-7-9-11-13-15-17-19-21-22-23-25-26-28-30-32-34-36-41(43)47-38-40(39-49-51(45,46)48-6-3)50-42(44)37-35-33-31-29-27-24-20-18-16-14-12-10-8-5-2/h12,14,18-21,40H,4-11,13,15-17,22-39H2,1-3H3,(H,45,46)/b14-12-,20-18-,21-19-. The van der Waals surface area contributed by atoms with Crippen molar-refractivity contribution >= 4 is 19.8 Å². The van der Waals surface area contributed by atoms with Crippen LogP contribution in [0.1, 0.15) is 194 Å². The average molecular weight is 741 g/mol. The molecule has 0 aliphatic carbocycles. The molecule has 298 valence electrons. The maximum Gasteiger partial charge on any atom is 0.472 e. The smallest absolute Gasteiger partial charge is 0.462 e. The van der Waals surface area contributed by atoms with Gasteiger partial charge in [0.25, 0.3) is 0 Å². The van der Waals surface area contributed by atoms with Gasteiger partial charge in [0, 0.05) is 12.8 Å². The third-order valence-electron chi connectivity index (χ3n) is 8.67. The normalized spacial score (nSPS) is 13.7. The van der Waals surface area contributed by atoms with E-state index in [9.17, 15) is 19.0 Å². The molecule has 0 saturated heterocycles. The Balaban J connectivity index is 4.12. The van der Waals surface area contributed by atoms with Gasteiger partial charge in [-0.15, -0.1) is 0 Å². The highest BCUT2D eigenvalue weighted by Crippen LogP contribution is 2.43. The number of carbonyl (C=O) groups excluding carboxylic acids is 2. The first-order valence-electron chi connectivity index (χ1n) is 20.8. The molecule has 0 heterocycles. The maximum atomic E-state index is 12.5. The summed E-state index contributed by atoms with van der Waals surface area (Å²) >= 11 is 0. The van der Waals surface area contributed by atoms with Crippen molar-refractivity contribution in [2.24, 2.45) is 0 Å². The lowest BCUT2D eigenvalue weighted by Gasteiger charge is -2.19. The highest BCUT2D eigenvalue weighted by Gasteiger charge is 2.25. The van der Waals surface area contributed by atoms with Crippen LogP contribution >= 0.6 is 7.82 Å². The number of hydrogen-bond acceptors (Lipinski definition) is 7. The van der Waals surface area contributed by atoms with Gasteiger partial charge in [-0.3, -0.25) is 18.6 Å². The Morgan fingerprint density at radius 3 is 1.47 bits per heavy atom. The lowest BCUT2D eigenvalue weighted by molar-refractivity contribution is -0.161. The lowest BCUT2D eigenvalue weighted by Crippen LogP contribution is -2.29. The Morgan fingerprint density at radius 1 is 0.529 bits per heavy atom. The van der Waals surface area contributed by atoms with Crippen molar-refractivity contribution in [3.05, 3.63) is 36.5 Å². The molecule has 0 rings (SSSR count). The Bertz CT molecular complexity index is 932. The van der Waals surface area contributed by atoms with Gasteiger partial charge in [0.15, 0.2) is 6.10 Å². The second-order valence-corrected chi connectivity index (χ2v) is 15.1. The van der Waals surface area contributed by atoms with E-state index in [2.05, 4.69) is 50.3 Å². The number of allylic oxidation sites excluding steroid dienone is 6. The minimum absolute atomic E-state index is 0.00330. The van der Waals surface area contributed by atoms with Gasteiger partial charge in [0.2, 0.25) is 0 Å². The molecule has 1 N–H and O–H groups in total. The summed E-state index contributed by atoms with van der Waals surface area (Å²) in [6.07, 6.45) is 41.9. The predicted molar refractivity (Wildman–Crippen MR) is 212 cm³/mol. The van der Waals surface area contributed by atoms with E-state index in [0.29, 0.717) is 6.42 Å². The molecule has 0 amide bonds. The maximum absolute atomic E-state index is 12.5. The van der Waals surface area contributed by atoms with Crippen molar-refractivity contribution in [3.63, 3.8) is 0 Å². The number of phosphoric ester groups is 1. The van der Waals surface area contributed by atoms with Crippen LogP contribution in [0.25, 0.3) is 0 Å². The fraction of sp³-hybridized carbons (Fsp3) is 0.810. The van der Waals surface area contributed by atoms with Crippen LogP contribution in [0.15, 0.2) is 36.5 Å². The third-order valence-corrected chi connectivity index (χ3v) is 9.73. The highest BCUT2D eigenvalue weighted by atomic mass is 31.2. The topological polar surface area (TPSA) is 108 Å². The van der Waals surface area contributed by atoms with E-state index in [1.807, 2.05) is 0 Å². The molecule has 0 saturated carbocycles. The van der Waals surface area contributed by atoms with Crippen LogP contribution in [-0.2, 0) is 32.7 Å². The van der Waals surface area contributed by atoms with Crippen molar-refractivity contribution < 1.29 is 37.6 Å². The summed E-state index contributed by atoms with van der Waals surface area (Å²) in [5.41, 5.74) is 0. The summed E-state index contributed by atoms with van der Waals surface area (Å²) < 4.78 is 32.6. The zero-order valence-corrected chi connectivity index (χ0v) is 33.9. The molecule has 0 radical (unpaired) electrons. The van der Waals surface area contributed by atoms with Crippen LogP contribution in [0.5, 0.6) is 0 Å². The first-order valence-corrected chi connectivity index (χ1v) is 22.3. The highest BCUT2D eigenvalue weighted by molar-refractivity contribution is 7.47. The van der Waals surface area contributed by atoms with Gasteiger partial charge in [0.1, 0.15) is 6.61 Å². The first kappa shape index (κ1) is 49.3. The summed E-state index contributed by atoms with van der Waals surface area (Å²) in [6, 6.07) is 0. The molecule has 51 heavy (non-hydrogen) atoms. The zero-order chi connectivity index (χ0) is 37.5. The quantitative estimate of drug-likeness (QED) is 0.0288. The van der Waals surface area contributed by atoms with Gasteiger partial charge in [-0.05, 0) is 71.1 Å². The number of hydrogen-bond donors (Lipinski definition) is 1. The van der Waals surface area contributed by atoms with Crippen molar-refractivity contribution in [2.45, 2.75) is 200 Å². The molecule has 0 aromatic rings. The SMILES string of the molecule is CCCC/C=C\C/C=C\CCCCCCCC(=O)OC(COC(=O)CCCCCCCCC/C=C\CCCCCCCC)COP(=O)(O)OCC. The van der Waals surface area contributed by atoms with E-state index < -0.39 is 26.5 Å². The van der Waals surface area contributed by atoms with Crippen molar-refractivity contribution in [1.82, 2.24) is 0 Å². The van der Waals surface area contributed by atoms with Gasteiger partial charge in [0.05, 0.1) is 13.2 Å². The average Bonchev–Trinajstić information content (AvgIpc) is 3.10. The number of unbranched alkanes of at least 4 members (excludes halogenated alkanes) is 20. The number of carbonyl (C=O) groups is 2. The molecule has 0 fully saturated rings. The second-order valence-electron chi connectivity index (χ2n) is 13.6. The molecular weight excluding hydrogens is 663 g/mol. The van der Waals surface area contributed by atoms with Gasteiger partial charge in [-0.25, -0.2) is 4.57 Å². The molecule has 0 spiro atoms. The van der Waals surface area contributed by atoms with Crippen molar-refractivity contribution in [1.29, 1.82) is 0 Å². The fourth-order valence-electron chi connectivity index (χ4n) is 5.58. The molecule has 0 aliphatic heterocycles. The molecule has 2 unspecified atom stereocenters. The summed E-state index contributed by atoms with van der Waals surface area (Å²) in [7, 11) is -4.28. The number of ether oxygens (including phenoxy) is 2. The van der Waals surface area contributed by atoms with E-state index in [0.717, 1.165) is 64.2 Å². The molecule has 8 nitrogen and oxygen atoms in total. The Kier molecular flexibility index (Phi) is 36.7. The van der Waals surface area contributed by atoms with E-state index in [1.165, 1.54) is 89.9 Å². The van der Waals surface area contributed by atoms with E-state index in [1.54, 1.807) is 6.92 Å². The van der Waals surface area contributed by atoms with Crippen LogP contribution in [0, 0.1) is 0 Å². The van der Waals surface area contributed by atoms with E-state index in [-0.39, 0.29) is 32.0 Å². The van der Waals surface area contributed by atoms with Crippen LogP contribution in [0.4, 0.5) is 0 Å². The largest absolute Gasteiger partial charge is 0.472 e. The molecule has 0 aromatic heterocycles. The van der Waals surface area contributed by atoms with Gasteiger partial charge in [-0.2, -0.15) is 0 Å². The van der Waals surface area contributed by atoms with Crippen molar-refractivity contribution in [3.8, 4) is 0 Å². The third kappa shape index (κ3) is 37.8. The molecular formula is C42H77O8P. The Hall–Kier alpha value is -1.73. The van der Waals surface area contributed by atoms with Gasteiger partial charge in [-0.1, -0.05) is 147 Å². The minimum Gasteiger partial charge on any atom is -0.462 e. The van der Waals surface area contributed by atoms with Gasteiger partial charge >= 0.3 is 19.8 Å². The van der Waals surface area contributed by atoms with Crippen LogP contribution in [0.2, 0.25) is 0 Å². The van der Waals surface area contributed by atoms with Crippen LogP contribution in [0.3, 0.4) is 0 Å². The Labute approximate surface area is 313 Å². The molecule has 9 heteroatoms.